The number of hydrogen-bond acceptors (Lipinski definition) is 1. The fraction of sp³-hybridized carbons (Fsp3) is 0. The molecular formula is C9H9IN4. The van der Waals surface area contributed by atoms with Crippen LogP contribution >= 0.6 is 22.6 Å². The van der Waals surface area contributed by atoms with E-state index < -0.39 is 0 Å². The van der Waals surface area contributed by atoms with Gasteiger partial charge in [-0.2, -0.15) is 0 Å². The zero-order chi connectivity index (χ0) is 10.1. The number of aromatic amines is 1. The normalized spacial score (nSPS) is 10.4. The number of aromatic nitrogens is 1. The summed E-state index contributed by atoms with van der Waals surface area (Å²) in [5.74, 6) is 0.0793. The zero-order valence-corrected chi connectivity index (χ0v) is 9.45. The largest absolute Gasteiger partial charge is 0.370 e. The van der Waals surface area contributed by atoms with Crippen molar-refractivity contribution < 1.29 is 0 Å². The molecule has 1 heterocycles. The molecule has 1 aromatic heterocycles. The average molecular weight is 300 g/mol. The molecule has 0 saturated carbocycles. The van der Waals surface area contributed by atoms with Crippen molar-refractivity contribution in [1.82, 2.24) is 4.98 Å². The van der Waals surface area contributed by atoms with Gasteiger partial charge in [0, 0.05) is 15.2 Å². The lowest BCUT2D eigenvalue weighted by molar-refractivity contribution is 1.42. The third kappa shape index (κ3) is 1.67. The van der Waals surface area contributed by atoms with E-state index in [9.17, 15) is 0 Å². The molecule has 72 valence electrons. The maximum Gasteiger partial charge on any atom is 0.191 e. The third-order valence-corrected chi connectivity index (χ3v) is 2.71. The van der Waals surface area contributed by atoms with Crippen LogP contribution in [0.25, 0.3) is 10.9 Å². The number of aliphatic imine (C=N–C) groups is 1. The summed E-state index contributed by atoms with van der Waals surface area (Å²) in [6, 6.07) is 5.86. The molecule has 0 unspecified atom stereocenters. The molecule has 1 aromatic carbocycles. The first-order chi connectivity index (χ1) is 6.66. The zero-order valence-electron chi connectivity index (χ0n) is 7.29. The lowest BCUT2D eigenvalue weighted by Gasteiger charge is -1.98. The van der Waals surface area contributed by atoms with Crippen LogP contribution in [0, 0.1) is 3.57 Å². The summed E-state index contributed by atoms with van der Waals surface area (Å²) < 4.78 is 1.10. The van der Waals surface area contributed by atoms with Crippen molar-refractivity contribution >= 4 is 45.1 Å². The van der Waals surface area contributed by atoms with Crippen LogP contribution in [-0.4, -0.2) is 10.9 Å². The van der Waals surface area contributed by atoms with Crippen molar-refractivity contribution in [3.63, 3.8) is 0 Å². The van der Waals surface area contributed by atoms with Gasteiger partial charge in [0.05, 0.1) is 11.2 Å². The van der Waals surface area contributed by atoms with Crippen LogP contribution in [0.3, 0.4) is 0 Å². The van der Waals surface area contributed by atoms with Crippen LogP contribution in [0.1, 0.15) is 0 Å². The van der Waals surface area contributed by atoms with Gasteiger partial charge in [0.15, 0.2) is 5.96 Å². The topological polar surface area (TPSA) is 80.2 Å². The minimum Gasteiger partial charge on any atom is -0.370 e. The predicted octanol–water partition coefficient (Wildman–Crippen LogP) is 1.68. The molecule has 0 amide bonds. The smallest absolute Gasteiger partial charge is 0.191 e. The standard InChI is InChI=1S/C9H9IN4/c10-7-4-6(14-9(11)12)3-5-1-2-13-8(5)7/h1-4,13H,(H4,11,12,14). The van der Waals surface area contributed by atoms with Crippen molar-refractivity contribution in [2.45, 2.75) is 0 Å². The molecule has 5 N–H and O–H groups in total. The first-order valence-electron chi connectivity index (χ1n) is 4.03. The molecule has 0 bridgehead atoms. The van der Waals surface area contributed by atoms with E-state index >= 15 is 0 Å². The molecule has 14 heavy (non-hydrogen) atoms. The number of rotatable bonds is 1. The third-order valence-electron chi connectivity index (χ3n) is 1.85. The Hall–Kier alpha value is -1.24. The highest BCUT2D eigenvalue weighted by Gasteiger charge is 2.01. The van der Waals surface area contributed by atoms with E-state index in [1.54, 1.807) is 0 Å². The van der Waals surface area contributed by atoms with Gasteiger partial charge in [-0.25, -0.2) is 4.99 Å². The molecule has 2 rings (SSSR count). The highest BCUT2D eigenvalue weighted by Crippen LogP contribution is 2.25. The fourth-order valence-corrected chi connectivity index (χ4v) is 2.11. The highest BCUT2D eigenvalue weighted by atomic mass is 127. The Kier molecular flexibility index (Phi) is 2.32. The Bertz CT molecular complexity index is 496. The molecule has 4 nitrogen and oxygen atoms in total. The van der Waals surface area contributed by atoms with Crippen LogP contribution in [0.5, 0.6) is 0 Å². The van der Waals surface area contributed by atoms with Crippen LogP contribution < -0.4 is 11.5 Å². The molecule has 0 spiro atoms. The van der Waals surface area contributed by atoms with Gasteiger partial charge in [0.25, 0.3) is 0 Å². The van der Waals surface area contributed by atoms with E-state index in [1.807, 2.05) is 24.4 Å². The average Bonchev–Trinajstić information content (AvgIpc) is 2.50. The molecule has 0 aliphatic carbocycles. The molecule has 0 radical (unpaired) electrons. The number of benzene rings is 1. The Balaban J connectivity index is 2.64. The number of halogens is 1. The lowest BCUT2D eigenvalue weighted by atomic mass is 10.2. The minimum absolute atomic E-state index is 0.0793. The number of fused-ring (bicyclic) bond motifs is 1. The van der Waals surface area contributed by atoms with Crippen LogP contribution in [0.15, 0.2) is 29.4 Å². The maximum atomic E-state index is 5.31. The quantitative estimate of drug-likeness (QED) is 0.425. The summed E-state index contributed by atoms with van der Waals surface area (Å²) in [7, 11) is 0. The van der Waals surface area contributed by atoms with E-state index in [1.165, 1.54) is 0 Å². The Morgan fingerprint density at radius 2 is 2.14 bits per heavy atom. The Labute approximate surface area is 94.5 Å². The van der Waals surface area contributed by atoms with Gasteiger partial charge < -0.3 is 16.5 Å². The summed E-state index contributed by atoms with van der Waals surface area (Å²) in [4.78, 5) is 7.15. The minimum atomic E-state index is 0.0793. The summed E-state index contributed by atoms with van der Waals surface area (Å²) in [5, 5.41) is 1.11. The van der Waals surface area contributed by atoms with Gasteiger partial charge in [0.1, 0.15) is 0 Å². The van der Waals surface area contributed by atoms with Gasteiger partial charge in [-0.15, -0.1) is 0 Å². The first-order valence-corrected chi connectivity index (χ1v) is 5.11. The number of guanidine groups is 1. The van der Waals surface area contributed by atoms with E-state index in [0.717, 1.165) is 20.2 Å². The number of nitrogens with two attached hydrogens (primary N) is 2. The Morgan fingerprint density at radius 1 is 1.36 bits per heavy atom. The van der Waals surface area contributed by atoms with E-state index in [0.29, 0.717) is 0 Å². The summed E-state index contributed by atoms with van der Waals surface area (Å²) in [6.07, 6.45) is 1.89. The summed E-state index contributed by atoms with van der Waals surface area (Å²) in [5.41, 5.74) is 12.5. The monoisotopic (exact) mass is 300 g/mol. The predicted molar refractivity (Wildman–Crippen MR) is 66.5 cm³/mol. The SMILES string of the molecule is NC(N)=Nc1cc(I)c2[nH]ccc2c1. The first kappa shape index (κ1) is 9.32. The van der Waals surface area contributed by atoms with Gasteiger partial charge in [-0.1, -0.05) is 0 Å². The molecule has 0 aliphatic heterocycles. The maximum absolute atomic E-state index is 5.31. The fourth-order valence-electron chi connectivity index (χ4n) is 1.33. The number of hydrogen-bond donors (Lipinski definition) is 3. The van der Waals surface area contributed by atoms with Gasteiger partial charge in [0.2, 0.25) is 0 Å². The van der Waals surface area contributed by atoms with Crippen molar-refractivity contribution in [2.75, 3.05) is 0 Å². The number of H-pyrrole nitrogens is 1. The molecule has 5 heteroatoms. The summed E-state index contributed by atoms with van der Waals surface area (Å²) in [6.45, 7) is 0. The highest BCUT2D eigenvalue weighted by molar-refractivity contribution is 14.1. The second kappa shape index (κ2) is 3.49. The van der Waals surface area contributed by atoms with E-state index in [4.69, 9.17) is 11.5 Å². The van der Waals surface area contributed by atoms with Gasteiger partial charge in [-0.3, -0.25) is 0 Å². The van der Waals surface area contributed by atoms with Gasteiger partial charge in [-0.05, 0) is 40.8 Å². The van der Waals surface area contributed by atoms with Crippen LogP contribution in [0.4, 0.5) is 5.69 Å². The molecule has 0 fully saturated rings. The van der Waals surface area contributed by atoms with Crippen molar-refractivity contribution in [2.24, 2.45) is 16.5 Å². The summed E-state index contributed by atoms with van der Waals surface area (Å²) >= 11 is 2.25. The van der Waals surface area contributed by atoms with Crippen LogP contribution in [0.2, 0.25) is 0 Å². The second-order valence-corrected chi connectivity index (χ2v) is 4.07. The molecule has 0 aliphatic rings. The second-order valence-electron chi connectivity index (χ2n) is 2.91. The molecule has 2 aromatic rings. The molecular weight excluding hydrogens is 291 g/mol. The lowest BCUT2D eigenvalue weighted by Crippen LogP contribution is -2.21. The van der Waals surface area contributed by atoms with Crippen molar-refractivity contribution in [3.05, 3.63) is 28.0 Å². The Morgan fingerprint density at radius 3 is 2.86 bits per heavy atom. The van der Waals surface area contributed by atoms with Gasteiger partial charge >= 0.3 is 0 Å². The van der Waals surface area contributed by atoms with Crippen LogP contribution in [-0.2, 0) is 0 Å². The number of nitrogens with one attached hydrogen (secondary N) is 1. The van der Waals surface area contributed by atoms with Crippen molar-refractivity contribution in [3.8, 4) is 0 Å². The molecule has 0 saturated heterocycles. The van der Waals surface area contributed by atoms with E-state index in [2.05, 4.69) is 32.6 Å². The molecule has 0 atom stereocenters. The van der Waals surface area contributed by atoms with E-state index in [-0.39, 0.29) is 5.96 Å². The number of nitrogens with zero attached hydrogens (tertiary/aromatic N) is 1. The van der Waals surface area contributed by atoms with Crippen molar-refractivity contribution in [1.29, 1.82) is 0 Å².